The molecule has 0 aliphatic carbocycles. The fourth-order valence-corrected chi connectivity index (χ4v) is 7.50. The van der Waals surface area contributed by atoms with Crippen LogP contribution < -0.4 is 15.8 Å². The number of sulfonamides is 1. The van der Waals surface area contributed by atoms with Crippen LogP contribution in [0.15, 0.2) is 71.8 Å². The Hall–Kier alpha value is -4.17. The normalized spacial score (nSPS) is 18.6. The van der Waals surface area contributed by atoms with E-state index in [0.29, 0.717) is 23.2 Å². The van der Waals surface area contributed by atoms with Gasteiger partial charge in [0.15, 0.2) is 0 Å². The van der Waals surface area contributed by atoms with Gasteiger partial charge in [-0.3, -0.25) is 14.6 Å². The number of nitrogens with zero attached hydrogens (tertiary/aromatic N) is 2. The molecule has 2 aromatic carbocycles. The van der Waals surface area contributed by atoms with Crippen molar-refractivity contribution in [3.05, 3.63) is 94.8 Å². The Morgan fingerprint density at radius 2 is 1.73 bits per heavy atom. The molecule has 0 bridgehead atoms. The lowest BCUT2D eigenvalue weighted by atomic mass is 10.0. The number of benzene rings is 2. The number of carboxylic acids is 1. The van der Waals surface area contributed by atoms with Crippen molar-refractivity contribution in [2.45, 2.75) is 69.3 Å². The van der Waals surface area contributed by atoms with Gasteiger partial charge in [0.25, 0.3) is 0 Å². The first-order valence-corrected chi connectivity index (χ1v) is 16.0. The molecular formula is C32H39N5O7S. The van der Waals surface area contributed by atoms with E-state index in [9.17, 15) is 27.9 Å². The molecule has 1 aliphatic rings. The number of carboxylic acid groups (broad SMARTS) is 1. The number of rotatable bonds is 12. The van der Waals surface area contributed by atoms with Gasteiger partial charge in [0, 0.05) is 12.7 Å². The minimum atomic E-state index is -4.35. The molecule has 2 amide bonds. The van der Waals surface area contributed by atoms with Gasteiger partial charge >= 0.3 is 5.97 Å². The Balaban J connectivity index is 1.46. The first-order chi connectivity index (χ1) is 21.2. The second kappa shape index (κ2) is 13.9. The zero-order valence-corrected chi connectivity index (χ0v) is 26.5. The highest BCUT2D eigenvalue weighted by molar-refractivity contribution is 7.89. The van der Waals surface area contributed by atoms with Gasteiger partial charge in [-0.25, -0.2) is 13.2 Å². The molecule has 4 rings (SSSR count). The molecule has 1 saturated heterocycles. The van der Waals surface area contributed by atoms with Crippen molar-refractivity contribution < 1.29 is 32.6 Å². The van der Waals surface area contributed by atoms with E-state index < -0.39 is 52.4 Å². The quantitative estimate of drug-likeness (QED) is 0.216. The highest BCUT2D eigenvalue weighted by atomic mass is 32.2. The second-order valence-electron chi connectivity index (χ2n) is 11.5. The number of pyridine rings is 1. The fraction of sp³-hybridized carbons (Fsp3) is 0.375. The number of ether oxygens (including phenoxy) is 1. The van der Waals surface area contributed by atoms with Crippen LogP contribution in [0.5, 0.6) is 0 Å². The van der Waals surface area contributed by atoms with Crippen LogP contribution in [0.25, 0.3) is 0 Å². The summed E-state index contributed by atoms with van der Waals surface area (Å²) in [7, 11) is -4.35. The van der Waals surface area contributed by atoms with Crippen LogP contribution in [0.4, 0.5) is 0 Å². The zero-order valence-electron chi connectivity index (χ0n) is 25.7. The van der Waals surface area contributed by atoms with Gasteiger partial charge in [-0.05, 0) is 62.9 Å². The van der Waals surface area contributed by atoms with Gasteiger partial charge in [0.1, 0.15) is 6.61 Å². The third-order valence-electron chi connectivity index (χ3n) is 7.75. The summed E-state index contributed by atoms with van der Waals surface area (Å²) >= 11 is 0. The van der Waals surface area contributed by atoms with Gasteiger partial charge in [-0.15, -0.1) is 0 Å². The summed E-state index contributed by atoms with van der Waals surface area (Å²) in [5.41, 5.74) is 7.36. The minimum Gasteiger partial charge on any atom is -0.478 e. The molecular weight excluding hydrogens is 598 g/mol. The predicted octanol–water partition coefficient (Wildman–Crippen LogP) is 2.13. The molecule has 240 valence electrons. The number of carbonyl (C=O) groups is 3. The Kier molecular flexibility index (Phi) is 10.4. The highest BCUT2D eigenvalue weighted by Crippen LogP contribution is 2.30. The van der Waals surface area contributed by atoms with E-state index in [2.05, 4.69) is 15.0 Å². The molecule has 5 N–H and O–H groups in total. The number of hydrogen-bond donors (Lipinski definition) is 4. The van der Waals surface area contributed by atoms with Crippen molar-refractivity contribution in [2.24, 2.45) is 5.73 Å². The number of nitrogens with one attached hydrogen (secondary N) is 2. The van der Waals surface area contributed by atoms with Gasteiger partial charge in [-0.2, -0.15) is 4.72 Å². The topological polar surface area (TPSA) is 181 Å². The van der Waals surface area contributed by atoms with E-state index in [1.807, 2.05) is 37.3 Å². The van der Waals surface area contributed by atoms with Crippen LogP contribution in [-0.4, -0.2) is 72.2 Å². The minimum absolute atomic E-state index is 0.0624. The molecule has 45 heavy (non-hydrogen) atoms. The molecule has 4 atom stereocenters. The monoisotopic (exact) mass is 637 g/mol. The van der Waals surface area contributed by atoms with E-state index in [-0.39, 0.29) is 23.8 Å². The maximum absolute atomic E-state index is 13.4. The van der Waals surface area contributed by atoms with Crippen molar-refractivity contribution in [2.75, 3.05) is 13.2 Å². The summed E-state index contributed by atoms with van der Waals surface area (Å²) in [5.74, 6) is -2.64. The summed E-state index contributed by atoms with van der Waals surface area (Å²) in [6.07, 6.45) is 1.48. The summed E-state index contributed by atoms with van der Waals surface area (Å²) in [6, 6.07) is 16.9. The Morgan fingerprint density at radius 3 is 2.33 bits per heavy atom. The maximum atomic E-state index is 13.4. The van der Waals surface area contributed by atoms with E-state index in [1.54, 1.807) is 55.3 Å². The lowest BCUT2D eigenvalue weighted by Crippen LogP contribution is -2.64. The summed E-state index contributed by atoms with van der Waals surface area (Å²) in [6.45, 7) is 5.67. The van der Waals surface area contributed by atoms with Crippen LogP contribution in [-0.2, 0) is 35.6 Å². The van der Waals surface area contributed by atoms with Crippen LogP contribution in [0.3, 0.4) is 0 Å². The van der Waals surface area contributed by atoms with Crippen LogP contribution >= 0.6 is 0 Å². The summed E-state index contributed by atoms with van der Waals surface area (Å²) in [5, 5.41) is 12.2. The molecule has 12 nitrogen and oxygen atoms in total. The summed E-state index contributed by atoms with van der Waals surface area (Å²) < 4.78 is 34.6. The third kappa shape index (κ3) is 8.11. The van der Waals surface area contributed by atoms with Crippen LogP contribution in [0, 0.1) is 20.8 Å². The molecule has 2 heterocycles. The van der Waals surface area contributed by atoms with Crippen molar-refractivity contribution in [3.8, 4) is 0 Å². The molecule has 0 saturated carbocycles. The van der Waals surface area contributed by atoms with Crippen LogP contribution in [0.1, 0.15) is 47.3 Å². The number of likely N-dealkylation sites (tertiary alicyclic amines) is 1. The average Bonchev–Trinajstić information content (AvgIpc) is 3.40. The number of aromatic nitrogens is 1. The fourth-order valence-electron chi connectivity index (χ4n) is 5.76. The third-order valence-corrected chi connectivity index (χ3v) is 9.60. The van der Waals surface area contributed by atoms with Crippen molar-refractivity contribution in [1.82, 2.24) is 19.9 Å². The number of aryl methyl sites for hydroxylation is 3. The van der Waals surface area contributed by atoms with Gasteiger partial charge in [-0.1, -0.05) is 54.1 Å². The average molecular weight is 638 g/mol. The number of carbonyl (C=O) groups excluding carboxylic acids is 2. The van der Waals surface area contributed by atoms with E-state index in [4.69, 9.17) is 10.5 Å². The molecule has 1 fully saturated rings. The number of amides is 2. The van der Waals surface area contributed by atoms with E-state index in [0.717, 1.165) is 18.1 Å². The Morgan fingerprint density at radius 1 is 1.09 bits per heavy atom. The second-order valence-corrected chi connectivity index (χ2v) is 13.2. The van der Waals surface area contributed by atoms with Crippen LogP contribution in [0.2, 0.25) is 0 Å². The van der Waals surface area contributed by atoms with Crippen molar-refractivity contribution >= 4 is 27.8 Å². The standard InChI is InChI=1S/C32H39N5O7S/c1-20-14-21(2)30(22(3)15-20)45(42,43)36-32(4,31(40)41)35-27(38)19-44-24-17-26(29(33)25-12-8-9-13-34-25)37(18-24)28(39)16-23-10-6-5-7-11-23/h5-15,24,26,29,36H,16-19,33H2,1-4H3,(H,35,38)(H,40,41). The SMILES string of the molecule is Cc1cc(C)c(S(=O)(=O)NC(C)(NC(=O)COC2CC(C(N)c3ccccn3)N(C(=O)Cc3ccccc3)C2)C(=O)O)c(C)c1. The summed E-state index contributed by atoms with van der Waals surface area (Å²) in [4.78, 5) is 44.5. The van der Waals surface area contributed by atoms with Gasteiger partial charge in [0.05, 0.1) is 35.2 Å². The molecule has 1 aliphatic heterocycles. The molecule has 3 aromatic rings. The van der Waals surface area contributed by atoms with E-state index in [1.165, 1.54) is 0 Å². The first kappa shape index (κ1) is 33.7. The number of nitrogens with two attached hydrogens (primary N) is 1. The van der Waals surface area contributed by atoms with Crippen molar-refractivity contribution in [1.29, 1.82) is 0 Å². The highest BCUT2D eigenvalue weighted by Gasteiger charge is 2.42. The maximum Gasteiger partial charge on any atom is 0.345 e. The molecule has 1 aromatic heterocycles. The number of aliphatic carboxylic acids is 1. The lowest BCUT2D eigenvalue weighted by Gasteiger charge is -2.29. The largest absolute Gasteiger partial charge is 0.478 e. The molecule has 0 radical (unpaired) electrons. The zero-order chi connectivity index (χ0) is 32.9. The predicted molar refractivity (Wildman–Crippen MR) is 166 cm³/mol. The van der Waals surface area contributed by atoms with Gasteiger partial charge in [0.2, 0.25) is 27.5 Å². The molecule has 4 unspecified atom stereocenters. The lowest BCUT2D eigenvalue weighted by molar-refractivity contribution is -0.148. The van der Waals surface area contributed by atoms with E-state index >= 15 is 0 Å². The Labute approximate surface area is 263 Å². The van der Waals surface area contributed by atoms with Gasteiger partial charge < -0.3 is 25.8 Å². The smallest absolute Gasteiger partial charge is 0.345 e. The molecule has 0 spiro atoms. The van der Waals surface area contributed by atoms with Crippen molar-refractivity contribution in [3.63, 3.8) is 0 Å². The molecule has 13 heteroatoms. The first-order valence-electron chi connectivity index (χ1n) is 14.5. The number of hydrogen-bond acceptors (Lipinski definition) is 8. The Bertz CT molecular complexity index is 1630.